The van der Waals surface area contributed by atoms with Crippen LogP contribution in [0.4, 0.5) is 34.1 Å². The number of para-hydroxylation sites is 1. The SMILES string of the molecule is Cc1ccc(N2c3cc(C)cc4c3B(c3ccc(-c5cc(C)ccc5-c5ccccc5)cc3N4c3ccccc3)c3sc4c(c32)-c2ccc(C(C)C)cc2C42c3ccccc3-c3ccccc32)cc1. The van der Waals surface area contributed by atoms with Gasteiger partial charge in [0.1, 0.15) is 0 Å². The van der Waals surface area contributed by atoms with Gasteiger partial charge in [0.2, 0.25) is 0 Å². The molecule has 0 unspecified atom stereocenters. The summed E-state index contributed by atoms with van der Waals surface area (Å²) in [6.45, 7) is 11.3. The summed E-state index contributed by atoms with van der Waals surface area (Å²) in [4.78, 5) is 6.65. The zero-order chi connectivity index (χ0) is 46.3. The maximum atomic E-state index is 2.65. The molecular formula is C65H49BN2S. The molecule has 0 fully saturated rings. The van der Waals surface area contributed by atoms with E-state index in [1.54, 1.807) is 0 Å². The number of anilines is 6. The van der Waals surface area contributed by atoms with E-state index in [1.807, 2.05) is 0 Å². The number of benzene rings is 9. The zero-order valence-electron chi connectivity index (χ0n) is 39.5. The zero-order valence-corrected chi connectivity index (χ0v) is 40.3. The number of nitrogens with zero attached hydrogens (tertiary/aromatic N) is 2. The molecule has 0 amide bonds. The summed E-state index contributed by atoms with van der Waals surface area (Å²) in [5, 5.41) is 0. The van der Waals surface area contributed by atoms with Crippen molar-refractivity contribution in [2.75, 3.05) is 9.80 Å². The lowest BCUT2D eigenvalue weighted by Crippen LogP contribution is -2.60. The van der Waals surface area contributed by atoms with Crippen molar-refractivity contribution in [3.05, 3.63) is 244 Å². The van der Waals surface area contributed by atoms with Crippen LogP contribution in [0.5, 0.6) is 0 Å². The third kappa shape index (κ3) is 5.61. The number of fused-ring (bicyclic) bond motifs is 15. The third-order valence-electron chi connectivity index (χ3n) is 15.6. The minimum absolute atomic E-state index is 0.0136. The highest BCUT2D eigenvalue weighted by molar-refractivity contribution is 7.30. The molecule has 0 atom stereocenters. The van der Waals surface area contributed by atoms with Crippen molar-refractivity contribution < 1.29 is 0 Å². The van der Waals surface area contributed by atoms with E-state index in [9.17, 15) is 0 Å². The second-order valence-electron chi connectivity index (χ2n) is 20.0. The molecule has 3 heterocycles. The predicted molar refractivity (Wildman–Crippen MR) is 294 cm³/mol. The highest BCUT2D eigenvalue weighted by atomic mass is 32.1. The molecule has 2 nitrogen and oxygen atoms in total. The van der Waals surface area contributed by atoms with Crippen molar-refractivity contribution in [2.45, 2.75) is 46.0 Å². The van der Waals surface area contributed by atoms with E-state index in [0.29, 0.717) is 5.92 Å². The predicted octanol–water partition coefficient (Wildman–Crippen LogP) is 15.6. The van der Waals surface area contributed by atoms with E-state index in [4.69, 9.17) is 0 Å². The standard InChI is InChI=1S/C65H49BN2S/c1-39(2)44-27-32-51-55(37-44)65(53-22-14-12-20-49(53)50-21-13-15-23-54(50)65)63-60(51)62-64(69-63)66-56-33-28-45(52-34-41(4)26-31-48(52)43-16-8-6-9-17-43)38-57(56)67(46-18-10-7-11-19-46)58-35-42(5)36-59(61(58)66)68(62)47-29-24-40(3)25-30-47/h6-39H,1-5H3. The smallest absolute Gasteiger partial charge is 0.264 e. The van der Waals surface area contributed by atoms with E-state index < -0.39 is 5.41 Å². The first kappa shape index (κ1) is 40.4. The van der Waals surface area contributed by atoms with Gasteiger partial charge in [-0.15, -0.1) is 11.3 Å². The Morgan fingerprint density at radius 3 is 1.78 bits per heavy atom. The van der Waals surface area contributed by atoms with Gasteiger partial charge in [0, 0.05) is 43.7 Å². The fraction of sp³-hybridized carbons (Fsp3) is 0.108. The van der Waals surface area contributed by atoms with Gasteiger partial charge in [-0.05, 0) is 147 Å². The lowest BCUT2D eigenvalue weighted by atomic mass is 9.36. The summed E-state index contributed by atoms with van der Waals surface area (Å²) in [5.41, 5.74) is 29.2. The molecule has 0 saturated carbocycles. The first-order valence-electron chi connectivity index (χ1n) is 24.5. The van der Waals surface area contributed by atoms with Crippen LogP contribution in [0.2, 0.25) is 0 Å². The monoisotopic (exact) mass is 900 g/mol. The molecule has 0 radical (unpaired) electrons. The molecule has 0 N–H and O–H groups in total. The third-order valence-corrected chi connectivity index (χ3v) is 16.9. The quantitative estimate of drug-likeness (QED) is 0.159. The van der Waals surface area contributed by atoms with Crippen LogP contribution in [-0.2, 0) is 5.41 Å². The molecule has 9 aromatic carbocycles. The van der Waals surface area contributed by atoms with E-state index in [0.717, 1.165) is 5.69 Å². The molecule has 4 heteroatoms. The fourth-order valence-corrected chi connectivity index (χ4v) is 14.2. The minimum Gasteiger partial charge on any atom is -0.311 e. The Kier molecular flexibility index (Phi) is 8.74. The van der Waals surface area contributed by atoms with Crippen LogP contribution in [0.1, 0.15) is 63.6 Å². The Balaban J connectivity index is 1.11. The summed E-state index contributed by atoms with van der Waals surface area (Å²) in [7, 11) is 0. The summed E-state index contributed by atoms with van der Waals surface area (Å²) >= 11 is 2.07. The highest BCUT2D eigenvalue weighted by Gasteiger charge is 2.57. The molecule has 0 bridgehead atoms. The molecule has 4 aliphatic rings. The van der Waals surface area contributed by atoms with Crippen molar-refractivity contribution in [3.63, 3.8) is 0 Å². The number of thiophene rings is 1. The maximum Gasteiger partial charge on any atom is 0.264 e. The number of aryl methyl sites for hydroxylation is 3. The van der Waals surface area contributed by atoms with Crippen LogP contribution in [0.3, 0.4) is 0 Å². The van der Waals surface area contributed by atoms with Crippen LogP contribution in [0.25, 0.3) is 44.5 Å². The van der Waals surface area contributed by atoms with Crippen molar-refractivity contribution in [2.24, 2.45) is 0 Å². The minimum atomic E-state index is -0.467. The van der Waals surface area contributed by atoms with Crippen molar-refractivity contribution in [1.82, 2.24) is 0 Å². The molecule has 0 saturated heterocycles. The van der Waals surface area contributed by atoms with E-state index in [-0.39, 0.29) is 6.71 Å². The van der Waals surface area contributed by atoms with Crippen LogP contribution in [0, 0.1) is 20.8 Å². The fourth-order valence-electron chi connectivity index (χ4n) is 12.5. The second-order valence-corrected chi connectivity index (χ2v) is 21.1. The van der Waals surface area contributed by atoms with E-state index in [2.05, 4.69) is 256 Å². The Bertz CT molecular complexity index is 3710. The van der Waals surface area contributed by atoms with Crippen LogP contribution >= 0.6 is 11.3 Å². The van der Waals surface area contributed by atoms with Gasteiger partial charge in [0.25, 0.3) is 6.71 Å². The van der Waals surface area contributed by atoms with Gasteiger partial charge in [-0.2, -0.15) is 0 Å². The normalized spacial score (nSPS) is 14.0. The second kappa shape index (κ2) is 14.9. The number of hydrogen-bond acceptors (Lipinski definition) is 3. The summed E-state index contributed by atoms with van der Waals surface area (Å²) in [5.74, 6) is 0.392. The molecule has 69 heavy (non-hydrogen) atoms. The van der Waals surface area contributed by atoms with Crippen molar-refractivity contribution >= 4 is 67.9 Å². The Morgan fingerprint density at radius 2 is 1.07 bits per heavy atom. The summed E-state index contributed by atoms with van der Waals surface area (Å²) < 4.78 is 1.40. The van der Waals surface area contributed by atoms with Crippen LogP contribution in [0.15, 0.2) is 200 Å². The summed E-state index contributed by atoms with van der Waals surface area (Å²) in [6, 6.07) is 76.4. The van der Waals surface area contributed by atoms with Gasteiger partial charge in [-0.25, -0.2) is 0 Å². The van der Waals surface area contributed by atoms with Gasteiger partial charge in [0.15, 0.2) is 0 Å². The molecular weight excluding hydrogens is 852 g/mol. The molecule has 2 aliphatic heterocycles. The van der Waals surface area contributed by atoms with Crippen LogP contribution < -0.4 is 25.5 Å². The topological polar surface area (TPSA) is 6.48 Å². The Hall–Kier alpha value is -7.66. The Labute approximate surface area is 409 Å². The van der Waals surface area contributed by atoms with Crippen LogP contribution in [-0.4, -0.2) is 6.71 Å². The number of hydrogen-bond donors (Lipinski definition) is 0. The first-order valence-corrected chi connectivity index (χ1v) is 25.3. The van der Waals surface area contributed by atoms with Gasteiger partial charge in [-0.1, -0.05) is 183 Å². The molecule has 10 aromatic rings. The van der Waals surface area contributed by atoms with Gasteiger partial charge in [0.05, 0.1) is 11.1 Å². The number of rotatable bonds is 5. The van der Waals surface area contributed by atoms with E-state index >= 15 is 0 Å². The first-order chi connectivity index (χ1) is 33.8. The Morgan fingerprint density at radius 1 is 0.449 bits per heavy atom. The molecule has 1 spiro atoms. The molecule has 1 aromatic heterocycles. The largest absolute Gasteiger partial charge is 0.311 e. The maximum absolute atomic E-state index is 2.65. The lowest BCUT2D eigenvalue weighted by molar-refractivity contribution is 0.799. The molecule has 328 valence electrons. The van der Waals surface area contributed by atoms with Gasteiger partial charge >= 0.3 is 0 Å². The summed E-state index contributed by atoms with van der Waals surface area (Å²) in [6.07, 6.45) is 0. The van der Waals surface area contributed by atoms with Crippen molar-refractivity contribution in [1.29, 1.82) is 0 Å². The van der Waals surface area contributed by atoms with Gasteiger partial charge < -0.3 is 9.80 Å². The molecule has 2 aliphatic carbocycles. The molecule has 14 rings (SSSR count). The lowest BCUT2D eigenvalue weighted by Gasteiger charge is -2.43. The van der Waals surface area contributed by atoms with E-state index in [1.165, 1.54) is 132 Å². The van der Waals surface area contributed by atoms with Crippen molar-refractivity contribution in [3.8, 4) is 44.5 Å². The average molecular weight is 901 g/mol. The average Bonchev–Trinajstić information content (AvgIpc) is 4.01. The highest BCUT2D eigenvalue weighted by Crippen LogP contribution is 2.67. The van der Waals surface area contributed by atoms with Gasteiger partial charge in [-0.3, -0.25) is 0 Å².